The van der Waals surface area contributed by atoms with Crippen LogP contribution in [0, 0.1) is 0 Å². The third-order valence-corrected chi connectivity index (χ3v) is 3.68. The van der Waals surface area contributed by atoms with Crippen LogP contribution >= 0.6 is 0 Å². The normalized spacial score (nSPS) is 15.1. The lowest BCUT2D eigenvalue weighted by Gasteiger charge is -2.15. The molecule has 1 saturated heterocycles. The molecule has 2 aromatic rings. The van der Waals surface area contributed by atoms with Crippen molar-refractivity contribution >= 4 is 6.08 Å². The highest BCUT2D eigenvalue weighted by molar-refractivity contribution is 5.54. The summed E-state index contributed by atoms with van der Waals surface area (Å²) in [6.45, 7) is 2.22. The Morgan fingerprint density at radius 1 is 1.05 bits per heavy atom. The minimum absolute atomic E-state index is 0.902. The maximum Gasteiger partial charge on any atom is 0.0447 e. The molecule has 1 aromatic carbocycles. The first-order chi connectivity index (χ1) is 9.90. The van der Waals surface area contributed by atoms with Gasteiger partial charge in [-0.25, -0.2) is 0 Å². The average Bonchev–Trinajstić information content (AvgIpc) is 2.50. The second-order valence-corrected chi connectivity index (χ2v) is 5.30. The van der Waals surface area contributed by atoms with Crippen LogP contribution in [0.15, 0.2) is 54.2 Å². The molecule has 0 bridgehead atoms. The first-order valence-corrected chi connectivity index (χ1v) is 7.29. The first-order valence-electron chi connectivity index (χ1n) is 7.29. The smallest absolute Gasteiger partial charge is 0.0447 e. The number of piperidine rings is 1. The highest BCUT2D eigenvalue weighted by atomic mass is 14.9. The third kappa shape index (κ3) is 3.55. The minimum atomic E-state index is 0.902. The predicted octanol–water partition coefficient (Wildman–Crippen LogP) is 3.44. The van der Waals surface area contributed by atoms with E-state index in [1.54, 1.807) is 5.57 Å². The minimum Gasteiger partial charge on any atom is -0.316 e. The van der Waals surface area contributed by atoms with E-state index in [9.17, 15) is 0 Å². The molecule has 3 rings (SSSR count). The van der Waals surface area contributed by atoms with E-state index in [1.165, 1.54) is 24.0 Å². The number of nitrogens with one attached hydrogen (secondary N) is 1. The van der Waals surface area contributed by atoms with E-state index in [4.69, 9.17) is 0 Å². The summed E-state index contributed by atoms with van der Waals surface area (Å²) in [5, 5.41) is 3.40. The van der Waals surface area contributed by atoms with Crippen molar-refractivity contribution in [3.63, 3.8) is 0 Å². The summed E-state index contributed by atoms with van der Waals surface area (Å²) in [6.07, 6.45) is 7.45. The molecule has 0 radical (unpaired) electrons. The van der Waals surface area contributed by atoms with Crippen molar-refractivity contribution in [3.8, 4) is 0 Å². The number of pyridine rings is 1. The lowest BCUT2D eigenvalue weighted by atomic mass is 10.00. The first kappa shape index (κ1) is 13.1. The molecule has 0 atom stereocenters. The van der Waals surface area contributed by atoms with Gasteiger partial charge in [-0.15, -0.1) is 0 Å². The van der Waals surface area contributed by atoms with Crippen molar-refractivity contribution in [3.05, 3.63) is 71.1 Å². The van der Waals surface area contributed by atoms with E-state index in [1.807, 2.05) is 18.3 Å². The van der Waals surface area contributed by atoms with Crippen LogP contribution in [0.4, 0.5) is 0 Å². The van der Waals surface area contributed by atoms with Gasteiger partial charge in [0.1, 0.15) is 0 Å². The van der Waals surface area contributed by atoms with Gasteiger partial charge in [-0.2, -0.15) is 0 Å². The number of hydrogen-bond donors (Lipinski definition) is 1. The summed E-state index contributed by atoms with van der Waals surface area (Å²) < 4.78 is 0. The molecule has 2 heterocycles. The summed E-state index contributed by atoms with van der Waals surface area (Å²) in [7, 11) is 0. The van der Waals surface area contributed by atoms with Crippen molar-refractivity contribution in [2.75, 3.05) is 13.1 Å². The molecule has 1 aromatic heterocycles. The van der Waals surface area contributed by atoms with Gasteiger partial charge < -0.3 is 5.32 Å². The van der Waals surface area contributed by atoms with Gasteiger partial charge in [0.15, 0.2) is 0 Å². The predicted molar refractivity (Wildman–Crippen MR) is 83.6 cm³/mol. The fraction of sp³-hybridized carbons (Fsp3) is 0.278. The average molecular weight is 264 g/mol. The molecule has 2 heteroatoms. The van der Waals surface area contributed by atoms with E-state index >= 15 is 0 Å². The lowest BCUT2D eigenvalue weighted by Crippen LogP contribution is -2.22. The highest BCUT2D eigenvalue weighted by Crippen LogP contribution is 2.17. The fourth-order valence-electron chi connectivity index (χ4n) is 2.63. The zero-order valence-electron chi connectivity index (χ0n) is 11.7. The SMILES string of the molecule is C(=C1CCNCC1)c1cccc(Cc2ccccn2)c1. The Labute approximate surface area is 120 Å². The van der Waals surface area contributed by atoms with Crippen molar-refractivity contribution in [1.82, 2.24) is 10.3 Å². The fourth-order valence-corrected chi connectivity index (χ4v) is 2.63. The maximum absolute atomic E-state index is 4.40. The van der Waals surface area contributed by atoms with Crippen LogP contribution in [0.5, 0.6) is 0 Å². The largest absolute Gasteiger partial charge is 0.316 e. The summed E-state index contributed by atoms with van der Waals surface area (Å²) in [6, 6.07) is 14.9. The molecule has 0 saturated carbocycles. The Kier molecular flexibility index (Phi) is 4.24. The van der Waals surface area contributed by atoms with E-state index in [0.29, 0.717) is 0 Å². The maximum atomic E-state index is 4.40. The molecule has 0 spiro atoms. The Hall–Kier alpha value is -1.93. The molecular weight excluding hydrogens is 244 g/mol. The van der Waals surface area contributed by atoms with Gasteiger partial charge in [0.2, 0.25) is 0 Å². The lowest BCUT2D eigenvalue weighted by molar-refractivity contribution is 0.613. The van der Waals surface area contributed by atoms with Crippen molar-refractivity contribution < 1.29 is 0 Å². The van der Waals surface area contributed by atoms with E-state index in [2.05, 4.69) is 46.7 Å². The molecule has 1 aliphatic heterocycles. The second kappa shape index (κ2) is 6.49. The summed E-state index contributed by atoms with van der Waals surface area (Å²) in [5.74, 6) is 0. The van der Waals surface area contributed by atoms with E-state index in [-0.39, 0.29) is 0 Å². The van der Waals surface area contributed by atoms with Crippen LogP contribution in [0.2, 0.25) is 0 Å². The molecule has 0 aliphatic carbocycles. The van der Waals surface area contributed by atoms with Gasteiger partial charge in [0, 0.05) is 18.3 Å². The zero-order chi connectivity index (χ0) is 13.6. The summed E-state index contributed by atoms with van der Waals surface area (Å²) in [4.78, 5) is 4.40. The van der Waals surface area contributed by atoms with Crippen molar-refractivity contribution in [2.45, 2.75) is 19.3 Å². The molecule has 102 valence electrons. The number of nitrogens with zero attached hydrogens (tertiary/aromatic N) is 1. The highest BCUT2D eigenvalue weighted by Gasteiger charge is 2.04. The number of benzene rings is 1. The molecule has 0 unspecified atom stereocenters. The summed E-state index contributed by atoms with van der Waals surface area (Å²) in [5.41, 5.74) is 5.32. The van der Waals surface area contributed by atoms with Crippen LogP contribution in [0.25, 0.3) is 6.08 Å². The summed E-state index contributed by atoms with van der Waals surface area (Å²) >= 11 is 0. The zero-order valence-corrected chi connectivity index (χ0v) is 11.7. The van der Waals surface area contributed by atoms with Crippen molar-refractivity contribution in [1.29, 1.82) is 0 Å². The number of rotatable bonds is 3. The quantitative estimate of drug-likeness (QED) is 0.918. The van der Waals surface area contributed by atoms with Crippen LogP contribution in [0.3, 0.4) is 0 Å². The Morgan fingerprint density at radius 2 is 1.95 bits per heavy atom. The number of hydrogen-bond acceptors (Lipinski definition) is 2. The van der Waals surface area contributed by atoms with Crippen molar-refractivity contribution in [2.24, 2.45) is 0 Å². The molecular formula is C18H20N2. The van der Waals surface area contributed by atoms with Gasteiger partial charge in [-0.1, -0.05) is 42.0 Å². The van der Waals surface area contributed by atoms with Crippen LogP contribution in [0.1, 0.15) is 29.7 Å². The molecule has 1 fully saturated rings. The van der Waals surface area contributed by atoms with Crippen LogP contribution in [-0.4, -0.2) is 18.1 Å². The molecule has 2 nitrogen and oxygen atoms in total. The van der Waals surface area contributed by atoms with Gasteiger partial charge >= 0.3 is 0 Å². The van der Waals surface area contributed by atoms with E-state index < -0.39 is 0 Å². The van der Waals surface area contributed by atoms with Gasteiger partial charge in [-0.3, -0.25) is 4.98 Å². The monoisotopic (exact) mass is 264 g/mol. The Morgan fingerprint density at radius 3 is 2.75 bits per heavy atom. The molecule has 0 amide bonds. The van der Waals surface area contributed by atoms with Gasteiger partial charge in [-0.05, 0) is 49.2 Å². The number of aromatic nitrogens is 1. The standard InChI is InChI=1S/C18H20N2/c1-2-9-20-18(6-1)14-17-5-3-4-16(13-17)12-15-7-10-19-11-8-15/h1-6,9,12-13,19H,7-8,10-11,14H2. The van der Waals surface area contributed by atoms with Gasteiger partial charge in [0.25, 0.3) is 0 Å². The van der Waals surface area contributed by atoms with Crippen LogP contribution < -0.4 is 5.32 Å². The topological polar surface area (TPSA) is 24.9 Å². The molecule has 20 heavy (non-hydrogen) atoms. The molecule has 1 aliphatic rings. The van der Waals surface area contributed by atoms with Crippen LogP contribution in [-0.2, 0) is 6.42 Å². The molecule has 1 N–H and O–H groups in total. The Bertz CT molecular complexity index is 579. The third-order valence-electron chi connectivity index (χ3n) is 3.68. The van der Waals surface area contributed by atoms with Gasteiger partial charge in [0.05, 0.1) is 0 Å². The van der Waals surface area contributed by atoms with E-state index in [0.717, 1.165) is 25.2 Å². The second-order valence-electron chi connectivity index (χ2n) is 5.30. The Balaban J connectivity index is 1.75.